The molecule has 2 rings (SSSR count). The first-order chi connectivity index (χ1) is 12.5. The molecule has 1 aromatic rings. The second-order valence-electron chi connectivity index (χ2n) is 6.46. The van der Waals surface area contributed by atoms with Crippen molar-refractivity contribution < 1.29 is 19.1 Å². The summed E-state index contributed by atoms with van der Waals surface area (Å²) in [5, 5.41) is 2.99. The van der Waals surface area contributed by atoms with E-state index in [1.54, 1.807) is 29.2 Å². The first-order valence-electron chi connectivity index (χ1n) is 9.10. The zero-order valence-electron chi connectivity index (χ0n) is 15.2. The molecule has 1 aliphatic heterocycles. The minimum Gasteiger partial charge on any atom is -0.492 e. The number of para-hydroxylation sites is 1. The van der Waals surface area contributed by atoms with E-state index in [0.29, 0.717) is 30.8 Å². The van der Waals surface area contributed by atoms with Gasteiger partial charge in [0.1, 0.15) is 5.75 Å². The van der Waals surface area contributed by atoms with Gasteiger partial charge >= 0.3 is 0 Å². The summed E-state index contributed by atoms with van der Waals surface area (Å²) >= 11 is 0. The number of nitrogens with zero attached hydrogens (tertiary/aromatic N) is 1. The first kappa shape index (κ1) is 19.8. The summed E-state index contributed by atoms with van der Waals surface area (Å²) in [6.07, 6.45) is 3.29. The number of carbonyl (C=O) groups is 3. The third-order valence-electron chi connectivity index (χ3n) is 4.34. The van der Waals surface area contributed by atoms with Crippen molar-refractivity contribution in [3.8, 4) is 5.75 Å². The van der Waals surface area contributed by atoms with Gasteiger partial charge in [0.25, 0.3) is 5.91 Å². The Kier molecular flexibility index (Phi) is 7.44. The quantitative estimate of drug-likeness (QED) is 0.732. The number of ether oxygens (including phenoxy) is 1. The number of benzene rings is 1. The Hall–Kier alpha value is -2.57. The number of nitrogens with two attached hydrogens (primary N) is 1. The SMILES string of the molecule is CCCC(=O)N[C@@H]1CCCN(C(=O)CCOc2ccccc2C(N)=O)C1. The average Bonchev–Trinajstić information content (AvgIpc) is 2.62. The molecule has 1 saturated heterocycles. The molecule has 0 spiro atoms. The van der Waals surface area contributed by atoms with E-state index in [2.05, 4.69) is 5.32 Å². The Labute approximate surface area is 153 Å². The predicted molar refractivity (Wildman–Crippen MR) is 97.7 cm³/mol. The molecular weight excluding hydrogens is 334 g/mol. The molecule has 7 heteroatoms. The monoisotopic (exact) mass is 361 g/mol. The van der Waals surface area contributed by atoms with E-state index in [0.717, 1.165) is 19.3 Å². The number of amides is 3. The highest BCUT2D eigenvalue weighted by atomic mass is 16.5. The van der Waals surface area contributed by atoms with E-state index >= 15 is 0 Å². The Morgan fingerprint density at radius 2 is 2.04 bits per heavy atom. The van der Waals surface area contributed by atoms with Gasteiger partial charge in [0.15, 0.2) is 0 Å². The van der Waals surface area contributed by atoms with Crippen molar-refractivity contribution in [2.75, 3.05) is 19.7 Å². The minimum absolute atomic E-state index is 0.0169. The Morgan fingerprint density at radius 1 is 1.27 bits per heavy atom. The second kappa shape index (κ2) is 9.79. The normalized spacial score (nSPS) is 16.8. The van der Waals surface area contributed by atoms with Crippen LogP contribution in [-0.4, -0.2) is 48.4 Å². The first-order valence-corrected chi connectivity index (χ1v) is 9.10. The largest absolute Gasteiger partial charge is 0.492 e. The molecule has 1 heterocycles. The number of primary amides is 1. The standard InChI is InChI=1S/C19H27N3O4/c1-2-6-17(23)21-14-7-5-11-22(13-14)18(24)10-12-26-16-9-4-3-8-15(16)19(20)25/h3-4,8-9,14H,2,5-7,10-13H2,1H3,(H2,20,25)(H,21,23)/t14-/m1/s1. The third kappa shape index (κ3) is 5.75. The summed E-state index contributed by atoms with van der Waals surface area (Å²) in [6, 6.07) is 6.72. The summed E-state index contributed by atoms with van der Waals surface area (Å²) in [6.45, 7) is 3.36. The molecule has 3 N–H and O–H groups in total. The van der Waals surface area contributed by atoms with E-state index in [1.165, 1.54) is 0 Å². The van der Waals surface area contributed by atoms with Crippen molar-refractivity contribution in [3.05, 3.63) is 29.8 Å². The van der Waals surface area contributed by atoms with Gasteiger partial charge in [-0.25, -0.2) is 0 Å². The molecule has 0 bridgehead atoms. The van der Waals surface area contributed by atoms with Crippen LogP contribution in [0, 0.1) is 0 Å². The van der Waals surface area contributed by atoms with Gasteiger partial charge in [0, 0.05) is 25.6 Å². The van der Waals surface area contributed by atoms with Crippen molar-refractivity contribution in [1.29, 1.82) is 0 Å². The number of hydrogen-bond donors (Lipinski definition) is 2. The molecule has 0 radical (unpaired) electrons. The average molecular weight is 361 g/mol. The van der Waals surface area contributed by atoms with Crippen molar-refractivity contribution in [2.45, 2.75) is 45.1 Å². The molecule has 1 fully saturated rings. The fourth-order valence-electron chi connectivity index (χ4n) is 3.05. The van der Waals surface area contributed by atoms with Crippen LogP contribution in [0.3, 0.4) is 0 Å². The molecule has 1 aromatic carbocycles. The van der Waals surface area contributed by atoms with E-state index in [-0.39, 0.29) is 30.9 Å². The predicted octanol–water partition coefficient (Wildman–Crippen LogP) is 1.46. The van der Waals surface area contributed by atoms with Gasteiger partial charge < -0.3 is 20.7 Å². The number of piperidine rings is 1. The van der Waals surface area contributed by atoms with E-state index in [9.17, 15) is 14.4 Å². The highest BCUT2D eigenvalue weighted by Crippen LogP contribution is 2.18. The molecular formula is C19H27N3O4. The van der Waals surface area contributed by atoms with Crippen LogP contribution in [-0.2, 0) is 9.59 Å². The van der Waals surface area contributed by atoms with Crippen LogP contribution in [0.5, 0.6) is 5.75 Å². The van der Waals surface area contributed by atoms with Gasteiger partial charge in [0.05, 0.1) is 18.6 Å². The molecule has 0 unspecified atom stereocenters. The highest BCUT2D eigenvalue weighted by Gasteiger charge is 2.24. The van der Waals surface area contributed by atoms with Gasteiger partial charge in [-0.05, 0) is 31.4 Å². The molecule has 26 heavy (non-hydrogen) atoms. The molecule has 1 atom stereocenters. The Morgan fingerprint density at radius 3 is 2.77 bits per heavy atom. The van der Waals surface area contributed by atoms with Crippen LogP contribution in [0.25, 0.3) is 0 Å². The number of rotatable bonds is 8. The summed E-state index contributed by atoms with van der Waals surface area (Å²) in [7, 11) is 0. The summed E-state index contributed by atoms with van der Waals surface area (Å²) in [5.74, 6) is -0.154. The van der Waals surface area contributed by atoms with Crippen LogP contribution >= 0.6 is 0 Å². The number of likely N-dealkylation sites (tertiary alicyclic amines) is 1. The Bertz CT molecular complexity index is 647. The maximum atomic E-state index is 12.4. The number of hydrogen-bond acceptors (Lipinski definition) is 4. The Balaban J connectivity index is 1.80. The van der Waals surface area contributed by atoms with Crippen LogP contribution in [0.2, 0.25) is 0 Å². The van der Waals surface area contributed by atoms with Crippen molar-refractivity contribution in [3.63, 3.8) is 0 Å². The lowest BCUT2D eigenvalue weighted by molar-refractivity contribution is -0.134. The fraction of sp³-hybridized carbons (Fsp3) is 0.526. The fourth-order valence-corrected chi connectivity index (χ4v) is 3.05. The lowest BCUT2D eigenvalue weighted by Crippen LogP contribution is -2.49. The number of nitrogens with one attached hydrogen (secondary N) is 1. The molecule has 7 nitrogen and oxygen atoms in total. The maximum Gasteiger partial charge on any atom is 0.252 e. The minimum atomic E-state index is -0.561. The van der Waals surface area contributed by atoms with Crippen LogP contribution in [0.1, 0.15) is 49.4 Å². The highest BCUT2D eigenvalue weighted by molar-refractivity contribution is 5.95. The molecule has 0 aromatic heterocycles. The molecule has 0 aliphatic carbocycles. The third-order valence-corrected chi connectivity index (χ3v) is 4.34. The van der Waals surface area contributed by atoms with E-state index < -0.39 is 5.91 Å². The smallest absolute Gasteiger partial charge is 0.252 e. The van der Waals surface area contributed by atoms with E-state index in [1.807, 2.05) is 6.92 Å². The summed E-state index contributed by atoms with van der Waals surface area (Å²) in [4.78, 5) is 37.3. The van der Waals surface area contributed by atoms with Gasteiger partial charge in [-0.1, -0.05) is 19.1 Å². The van der Waals surface area contributed by atoms with Crippen molar-refractivity contribution in [2.24, 2.45) is 5.73 Å². The second-order valence-corrected chi connectivity index (χ2v) is 6.46. The zero-order valence-corrected chi connectivity index (χ0v) is 15.2. The van der Waals surface area contributed by atoms with Gasteiger partial charge in [-0.3, -0.25) is 14.4 Å². The van der Waals surface area contributed by atoms with Crippen LogP contribution < -0.4 is 15.8 Å². The molecule has 3 amide bonds. The molecule has 1 aliphatic rings. The maximum absolute atomic E-state index is 12.4. The zero-order chi connectivity index (χ0) is 18.9. The van der Waals surface area contributed by atoms with Crippen molar-refractivity contribution in [1.82, 2.24) is 10.2 Å². The lowest BCUT2D eigenvalue weighted by Gasteiger charge is -2.33. The van der Waals surface area contributed by atoms with Gasteiger partial charge in [-0.15, -0.1) is 0 Å². The van der Waals surface area contributed by atoms with Gasteiger partial charge in [-0.2, -0.15) is 0 Å². The van der Waals surface area contributed by atoms with Gasteiger partial charge in [0.2, 0.25) is 11.8 Å². The number of carbonyl (C=O) groups excluding carboxylic acids is 3. The molecule has 142 valence electrons. The van der Waals surface area contributed by atoms with Crippen LogP contribution in [0.15, 0.2) is 24.3 Å². The topological polar surface area (TPSA) is 102 Å². The molecule has 0 saturated carbocycles. The summed E-state index contributed by atoms with van der Waals surface area (Å²) < 4.78 is 5.57. The van der Waals surface area contributed by atoms with Crippen LogP contribution in [0.4, 0.5) is 0 Å². The lowest BCUT2D eigenvalue weighted by atomic mass is 10.0. The summed E-state index contributed by atoms with van der Waals surface area (Å²) in [5.41, 5.74) is 5.61. The van der Waals surface area contributed by atoms with Crippen molar-refractivity contribution >= 4 is 17.7 Å². The van der Waals surface area contributed by atoms with E-state index in [4.69, 9.17) is 10.5 Å².